The Kier molecular flexibility index (Phi) is 4.83. The quantitative estimate of drug-likeness (QED) is 0.426. The third-order valence-electron chi connectivity index (χ3n) is 5.30. The average molecular weight is 463 g/mol. The number of benzene rings is 1. The van der Waals surface area contributed by atoms with Gasteiger partial charge in [-0.3, -0.25) is 14.9 Å². The number of rotatable bonds is 4. The number of urea groups is 1. The Bertz CT molecular complexity index is 1370. The molecule has 1 fully saturated rings. The number of aromatic nitrogens is 4. The van der Waals surface area contributed by atoms with Crippen molar-refractivity contribution >= 4 is 29.2 Å². The number of methoxy groups -OCH3 is 1. The van der Waals surface area contributed by atoms with Crippen molar-refractivity contribution in [3.05, 3.63) is 46.3 Å². The first-order valence-electron chi connectivity index (χ1n) is 9.84. The maximum absolute atomic E-state index is 13.0. The Labute approximate surface area is 191 Å². The van der Waals surface area contributed by atoms with Gasteiger partial charge in [0.2, 0.25) is 11.4 Å². The third-order valence-corrected chi connectivity index (χ3v) is 6.30. The summed E-state index contributed by atoms with van der Waals surface area (Å²) in [5.41, 5.74) is -0.261. The number of hydrogen-bond donors (Lipinski definition) is 2. The van der Waals surface area contributed by atoms with E-state index in [1.54, 1.807) is 31.3 Å². The van der Waals surface area contributed by atoms with E-state index in [-0.39, 0.29) is 12.5 Å². The lowest BCUT2D eigenvalue weighted by Gasteiger charge is -2.26. The highest BCUT2D eigenvalue weighted by molar-refractivity contribution is 7.15. The maximum atomic E-state index is 13.0. The monoisotopic (exact) mass is 463 g/mol. The van der Waals surface area contributed by atoms with Gasteiger partial charge >= 0.3 is 6.03 Å². The van der Waals surface area contributed by atoms with Gasteiger partial charge in [0.05, 0.1) is 30.5 Å². The van der Waals surface area contributed by atoms with Crippen LogP contribution in [0.15, 0.2) is 30.3 Å². The summed E-state index contributed by atoms with van der Waals surface area (Å²) in [6.45, 7) is 0.198. The number of ether oxygens (including phenoxy) is 1. The molecule has 1 atom stereocenters. The van der Waals surface area contributed by atoms with Gasteiger partial charge in [-0.15, -0.1) is 21.5 Å². The molecular formula is C21H17N7O4S. The number of hydrogen-bond acceptors (Lipinski definition) is 8. The number of nitrogens with one attached hydrogen (secondary N) is 2. The molecule has 0 spiro atoms. The van der Waals surface area contributed by atoms with Crippen molar-refractivity contribution in [3.8, 4) is 28.3 Å². The Morgan fingerprint density at radius 2 is 2.09 bits per heavy atom. The highest BCUT2D eigenvalue weighted by atomic mass is 32.1. The predicted molar refractivity (Wildman–Crippen MR) is 116 cm³/mol. The highest BCUT2D eigenvalue weighted by Gasteiger charge is 2.48. The van der Waals surface area contributed by atoms with Crippen LogP contribution in [0, 0.1) is 11.8 Å². The van der Waals surface area contributed by atoms with Gasteiger partial charge in [-0.2, -0.15) is 4.80 Å². The van der Waals surface area contributed by atoms with Crippen LogP contribution in [0.25, 0.3) is 10.7 Å². The van der Waals surface area contributed by atoms with Crippen molar-refractivity contribution in [3.63, 3.8) is 0 Å². The van der Waals surface area contributed by atoms with E-state index in [2.05, 4.69) is 37.9 Å². The molecule has 2 aliphatic heterocycles. The van der Waals surface area contributed by atoms with Crippen LogP contribution in [0.3, 0.4) is 0 Å². The first-order valence-corrected chi connectivity index (χ1v) is 10.7. The summed E-state index contributed by atoms with van der Waals surface area (Å²) in [6, 6.07) is 8.17. The van der Waals surface area contributed by atoms with E-state index in [4.69, 9.17) is 4.74 Å². The summed E-state index contributed by atoms with van der Waals surface area (Å²) in [6.07, 6.45) is 0. The second kappa shape index (κ2) is 7.72. The molecule has 0 saturated carbocycles. The first kappa shape index (κ1) is 20.7. The fourth-order valence-corrected chi connectivity index (χ4v) is 4.47. The zero-order valence-corrected chi connectivity index (χ0v) is 18.4. The van der Waals surface area contributed by atoms with Crippen molar-refractivity contribution in [1.29, 1.82) is 0 Å². The minimum atomic E-state index is -1.58. The van der Waals surface area contributed by atoms with Crippen molar-refractivity contribution < 1.29 is 19.1 Å². The molecule has 0 aliphatic carbocycles. The Morgan fingerprint density at radius 3 is 2.79 bits per heavy atom. The topological polar surface area (TPSA) is 131 Å². The van der Waals surface area contributed by atoms with Crippen LogP contribution < -0.4 is 15.4 Å². The van der Waals surface area contributed by atoms with Crippen molar-refractivity contribution in [2.75, 3.05) is 13.7 Å². The van der Waals surface area contributed by atoms with E-state index in [1.165, 1.54) is 28.1 Å². The highest BCUT2D eigenvalue weighted by Crippen LogP contribution is 2.29. The smallest absolute Gasteiger partial charge is 0.323 e. The van der Waals surface area contributed by atoms with Crippen LogP contribution in [0.5, 0.6) is 5.75 Å². The molecule has 0 radical (unpaired) electrons. The molecule has 166 valence electrons. The molecule has 33 heavy (non-hydrogen) atoms. The van der Waals surface area contributed by atoms with Gasteiger partial charge in [0, 0.05) is 12.1 Å². The van der Waals surface area contributed by atoms with E-state index < -0.39 is 17.5 Å². The number of carbonyl (C=O) groups excluding carboxylic acids is 3. The minimum Gasteiger partial charge on any atom is -0.497 e. The predicted octanol–water partition coefficient (Wildman–Crippen LogP) is 0.533. The van der Waals surface area contributed by atoms with Gasteiger partial charge in [0.25, 0.3) is 11.8 Å². The van der Waals surface area contributed by atoms with Crippen LogP contribution in [-0.4, -0.2) is 62.1 Å². The number of fused-ring (bicyclic) bond motifs is 1. The zero-order valence-electron chi connectivity index (χ0n) is 17.6. The number of aryl methyl sites for hydroxylation is 1. The van der Waals surface area contributed by atoms with E-state index in [0.717, 1.165) is 10.4 Å². The summed E-state index contributed by atoms with van der Waals surface area (Å²) in [5, 5.41) is 16.8. The number of tetrazole rings is 1. The molecular weight excluding hydrogens is 446 g/mol. The number of amides is 4. The Morgan fingerprint density at radius 1 is 1.24 bits per heavy atom. The number of imide groups is 1. The molecule has 2 N–H and O–H groups in total. The van der Waals surface area contributed by atoms with Crippen molar-refractivity contribution in [2.24, 2.45) is 7.05 Å². The van der Waals surface area contributed by atoms with Gasteiger partial charge in [-0.1, -0.05) is 17.9 Å². The average Bonchev–Trinajstić information content (AvgIpc) is 3.55. The molecule has 4 heterocycles. The summed E-state index contributed by atoms with van der Waals surface area (Å²) >= 11 is 1.33. The maximum Gasteiger partial charge on any atom is 0.323 e. The van der Waals surface area contributed by atoms with E-state index in [0.29, 0.717) is 28.6 Å². The van der Waals surface area contributed by atoms with Gasteiger partial charge in [-0.05, 0) is 35.0 Å². The van der Waals surface area contributed by atoms with E-state index in [1.807, 2.05) is 6.07 Å². The van der Waals surface area contributed by atoms with Crippen molar-refractivity contribution in [1.82, 2.24) is 35.7 Å². The second-order valence-electron chi connectivity index (χ2n) is 7.51. The molecule has 11 nitrogen and oxygen atoms in total. The number of carbonyl (C=O) groups is 3. The summed E-state index contributed by atoms with van der Waals surface area (Å²) in [7, 11) is 3.20. The minimum absolute atomic E-state index is 0.0999. The largest absolute Gasteiger partial charge is 0.497 e. The molecule has 2 aliphatic rings. The first-order chi connectivity index (χ1) is 15.9. The molecule has 5 rings (SSSR count). The Balaban J connectivity index is 1.43. The van der Waals surface area contributed by atoms with Gasteiger partial charge in [0.15, 0.2) is 0 Å². The lowest BCUT2D eigenvalue weighted by molar-refractivity contribution is -0.122. The fraction of sp³-hybridized carbons (Fsp3) is 0.238. The van der Waals surface area contributed by atoms with Crippen molar-refractivity contribution in [2.45, 2.75) is 12.1 Å². The number of thiophene rings is 1. The van der Waals surface area contributed by atoms with Gasteiger partial charge in [0.1, 0.15) is 5.75 Å². The molecule has 1 saturated heterocycles. The molecule has 1 aromatic carbocycles. The molecule has 0 bridgehead atoms. The van der Waals surface area contributed by atoms with Gasteiger partial charge < -0.3 is 15.0 Å². The molecule has 3 aromatic rings. The van der Waals surface area contributed by atoms with Crippen LogP contribution >= 0.6 is 11.3 Å². The van der Waals surface area contributed by atoms with Crippen LogP contribution in [-0.2, 0) is 18.4 Å². The zero-order chi connectivity index (χ0) is 23.2. The number of nitrogens with zero attached hydrogens (tertiary/aromatic N) is 5. The summed E-state index contributed by atoms with van der Waals surface area (Å²) in [5.74, 6) is 6.02. The summed E-state index contributed by atoms with van der Waals surface area (Å²) < 4.78 is 5.20. The Hall–Kier alpha value is -4.24. The lowest BCUT2D eigenvalue weighted by Crippen LogP contribution is -2.54. The molecule has 4 amide bonds. The summed E-state index contributed by atoms with van der Waals surface area (Å²) in [4.78, 5) is 42.0. The second-order valence-corrected chi connectivity index (χ2v) is 8.60. The van der Waals surface area contributed by atoms with Crippen LogP contribution in [0.2, 0.25) is 0 Å². The fourth-order valence-electron chi connectivity index (χ4n) is 3.69. The normalized spacial score (nSPS) is 19.1. The standard InChI is InChI=1S/C21H17N7O4S/c1-27-25-17(24-26-27)16-6-5-14(33-16)7-8-21(19(30)22-20(31)23-21)11-28-10-12-3-4-13(32-2)9-15(12)18(28)29/h3-6,9H,10-11H2,1-2H3,(H2,22,23,30,31)/t21-/m1/s1. The molecule has 0 unspecified atom stereocenters. The molecule has 12 heteroatoms. The third kappa shape index (κ3) is 3.68. The molecule has 2 aromatic heterocycles. The van der Waals surface area contributed by atoms with Gasteiger partial charge in [-0.25, -0.2) is 4.79 Å². The SMILES string of the molecule is COc1ccc2c(c1)C(=O)N(C[C@@]1(C#Cc3ccc(-c4nnn(C)n4)s3)NC(=O)NC1=O)C2. The van der Waals surface area contributed by atoms with E-state index >= 15 is 0 Å². The van der Waals surface area contributed by atoms with E-state index in [9.17, 15) is 14.4 Å². The van der Waals surface area contributed by atoms with Crippen LogP contribution in [0.4, 0.5) is 4.79 Å². The van der Waals surface area contributed by atoms with Crippen LogP contribution in [0.1, 0.15) is 20.8 Å². The lowest BCUT2D eigenvalue weighted by atomic mass is 9.99.